The third kappa shape index (κ3) is 5.23. The molecule has 2 rings (SSSR count). The van der Waals surface area contributed by atoms with Gasteiger partial charge in [0.05, 0.1) is 0 Å². The van der Waals surface area contributed by atoms with Crippen molar-refractivity contribution in [3.63, 3.8) is 0 Å². The molecule has 0 aliphatic heterocycles. The molecule has 2 nitrogen and oxygen atoms in total. The second kappa shape index (κ2) is 8.68. The molecule has 0 amide bonds. The predicted octanol–water partition coefficient (Wildman–Crippen LogP) is 5.81. The van der Waals surface area contributed by atoms with Gasteiger partial charge in [-0.25, -0.2) is 0 Å². The van der Waals surface area contributed by atoms with E-state index in [1.807, 2.05) is 42.5 Å². The zero-order valence-electron chi connectivity index (χ0n) is 15.0. The highest BCUT2D eigenvalue weighted by Crippen LogP contribution is 2.30. The van der Waals surface area contributed by atoms with Crippen molar-refractivity contribution in [3.8, 4) is 5.75 Å². The topological polar surface area (TPSA) is 26.3 Å². The first-order valence-electron chi connectivity index (χ1n) is 8.84. The van der Waals surface area contributed by atoms with E-state index in [2.05, 4.69) is 32.9 Å². The average molecular weight is 324 g/mol. The quantitative estimate of drug-likeness (QED) is 0.430. The highest BCUT2D eigenvalue weighted by atomic mass is 16.5. The Kier molecular flexibility index (Phi) is 6.60. The Hall–Kier alpha value is -2.09. The van der Waals surface area contributed by atoms with Crippen molar-refractivity contribution < 1.29 is 9.53 Å². The molecule has 0 aromatic heterocycles. The molecule has 0 unspecified atom stereocenters. The minimum atomic E-state index is -0.000396. The van der Waals surface area contributed by atoms with Crippen molar-refractivity contribution in [1.82, 2.24) is 0 Å². The SMILES string of the molecule is CCCCCC(C)(C)c1ccc(OCC(=O)c2ccccc2)cc1. The van der Waals surface area contributed by atoms with Crippen LogP contribution in [0.2, 0.25) is 0 Å². The van der Waals surface area contributed by atoms with E-state index < -0.39 is 0 Å². The van der Waals surface area contributed by atoms with Crippen molar-refractivity contribution in [1.29, 1.82) is 0 Å². The summed E-state index contributed by atoms with van der Waals surface area (Å²) in [6.45, 7) is 6.88. The maximum atomic E-state index is 12.1. The molecular formula is C22H28O2. The summed E-state index contributed by atoms with van der Waals surface area (Å²) < 4.78 is 5.64. The van der Waals surface area contributed by atoms with Crippen molar-refractivity contribution in [2.45, 2.75) is 51.9 Å². The fraction of sp³-hybridized carbons (Fsp3) is 0.409. The van der Waals surface area contributed by atoms with Crippen LogP contribution in [-0.4, -0.2) is 12.4 Å². The summed E-state index contributed by atoms with van der Waals surface area (Å²) in [5.74, 6) is 0.743. The molecule has 0 heterocycles. The maximum Gasteiger partial charge on any atom is 0.200 e. The van der Waals surface area contributed by atoms with Crippen LogP contribution in [0.5, 0.6) is 5.75 Å². The Morgan fingerprint density at radius 3 is 2.25 bits per heavy atom. The average Bonchev–Trinajstić information content (AvgIpc) is 2.61. The van der Waals surface area contributed by atoms with Crippen molar-refractivity contribution >= 4 is 5.78 Å². The van der Waals surface area contributed by atoms with Crippen LogP contribution in [0.1, 0.15) is 62.4 Å². The lowest BCUT2D eigenvalue weighted by molar-refractivity contribution is 0.0921. The molecule has 2 aromatic carbocycles. The number of rotatable bonds is 9. The van der Waals surface area contributed by atoms with Gasteiger partial charge in [-0.1, -0.05) is 82.5 Å². The molecule has 0 fully saturated rings. The van der Waals surface area contributed by atoms with Crippen LogP contribution in [0.15, 0.2) is 54.6 Å². The van der Waals surface area contributed by atoms with Gasteiger partial charge in [0.25, 0.3) is 0 Å². The van der Waals surface area contributed by atoms with E-state index in [1.54, 1.807) is 0 Å². The molecule has 2 heteroatoms. The first-order chi connectivity index (χ1) is 11.5. The van der Waals surface area contributed by atoms with Gasteiger partial charge in [-0.2, -0.15) is 0 Å². The van der Waals surface area contributed by atoms with E-state index in [9.17, 15) is 4.79 Å². The van der Waals surface area contributed by atoms with Crippen LogP contribution in [-0.2, 0) is 5.41 Å². The molecule has 0 radical (unpaired) electrons. The van der Waals surface area contributed by atoms with Crippen LogP contribution < -0.4 is 4.74 Å². The Morgan fingerprint density at radius 1 is 0.958 bits per heavy atom. The van der Waals surface area contributed by atoms with Crippen LogP contribution in [0.3, 0.4) is 0 Å². The fourth-order valence-electron chi connectivity index (χ4n) is 2.82. The van der Waals surface area contributed by atoms with Gasteiger partial charge in [0.2, 0.25) is 0 Å². The van der Waals surface area contributed by atoms with Gasteiger partial charge in [0.15, 0.2) is 12.4 Å². The normalized spacial score (nSPS) is 11.3. The predicted molar refractivity (Wildman–Crippen MR) is 99.9 cm³/mol. The highest BCUT2D eigenvalue weighted by Gasteiger charge is 2.19. The monoisotopic (exact) mass is 324 g/mol. The molecule has 0 aliphatic rings. The van der Waals surface area contributed by atoms with Gasteiger partial charge in [-0.3, -0.25) is 4.79 Å². The smallest absolute Gasteiger partial charge is 0.200 e. The van der Waals surface area contributed by atoms with Gasteiger partial charge >= 0.3 is 0 Å². The Balaban J connectivity index is 1.91. The van der Waals surface area contributed by atoms with Crippen LogP contribution in [0, 0.1) is 0 Å². The zero-order valence-corrected chi connectivity index (χ0v) is 15.0. The summed E-state index contributed by atoms with van der Waals surface area (Å²) >= 11 is 0. The molecule has 128 valence electrons. The van der Waals surface area contributed by atoms with Crippen molar-refractivity contribution in [2.24, 2.45) is 0 Å². The first-order valence-corrected chi connectivity index (χ1v) is 8.84. The molecule has 0 aliphatic carbocycles. The second-order valence-electron chi connectivity index (χ2n) is 6.94. The van der Waals surface area contributed by atoms with E-state index in [4.69, 9.17) is 4.74 Å². The number of unbranched alkanes of at least 4 members (excludes halogenated alkanes) is 2. The summed E-state index contributed by atoms with van der Waals surface area (Å²) in [4.78, 5) is 12.1. The van der Waals surface area contributed by atoms with Gasteiger partial charge < -0.3 is 4.74 Å². The lowest BCUT2D eigenvalue weighted by atomic mass is 9.80. The number of Topliss-reactive ketones (excluding diaryl/α,β-unsaturated/α-hetero) is 1. The summed E-state index contributed by atoms with van der Waals surface area (Å²) in [6, 6.07) is 17.4. The maximum absolute atomic E-state index is 12.1. The van der Waals surface area contributed by atoms with Crippen molar-refractivity contribution in [2.75, 3.05) is 6.61 Å². The van der Waals surface area contributed by atoms with Crippen molar-refractivity contribution in [3.05, 3.63) is 65.7 Å². The molecule has 0 atom stereocenters. The summed E-state index contributed by atoms with van der Waals surface area (Å²) in [5.41, 5.74) is 2.18. The fourth-order valence-corrected chi connectivity index (χ4v) is 2.82. The summed E-state index contributed by atoms with van der Waals surface area (Å²) in [5, 5.41) is 0. The highest BCUT2D eigenvalue weighted by molar-refractivity contribution is 5.97. The van der Waals surface area contributed by atoms with Gasteiger partial charge in [0.1, 0.15) is 5.75 Å². The lowest BCUT2D eigenvalue weighted by Crippen LogP contribution is -2.17. The third-order valence-electron chi connectivity index (χ3n) is 4.51. The lowest BCUT2D eigenvalue weighted by Gasteiger charge is -2.25. The van der Waals surface area contributed by atoms with E-state index in [-0.39, 0.29) is 17.8 Å². The van der Waals surface area contributed by atoms with E-state index in [0.717, 1.165) is 5.75 Å². The Bertz CT molecular complexity index is 627. The molecular weight excluding hydrogens is 296 g/mol. The second-order valence-corrected chi connectivity index (χ2v) is 6.94. The van der Waals surface area contributed by atoms with Gasteiger partial charge in [-0.05, 0) is 29.5 Å². The summed E-state index contributed by atoms with van der Waals surface area (Å²) in [7, 11) is 0. The Labute approximate surface area is 145 Å². The number of ketones is 1. The van der Waals surface area contributed by atoms with E-state index in [1.165, 1.54) is 31.2 Å². The van der Waals surface area contributed by atoms with Gasteiger partial charge in [0, 0.05) is 5.56 Å². The van der Waals surface area contributed by atoms with E-state index in [0.29, 0.717) is 5.56 Å². The third-order valence-corrected chi connectivity index (χ3v) is 4.51. The Morgan fingerprint density at radius 2 is 1.62 bits per heavy atom. The molecule has 0 saturated carbocycles. The standard InChI is InChI=1S/C22H28O2/c1-4-5-9-16-22(2,3)19-12-14-20(15-13-19)24-17-21(23)18-10-7-6-8-11-18/h6-8,10-15H,4-5,9,16-17H2,1-3H3. The number of carbonyl (C=O) groups is 1. The minimum absolute atomic E-state index is 0.000396. The van der Waals surface area contributed by atoms with Crippen LogP contribution in [0.25, 0.3) is 0 Å². The number of hydrogen-bond donors (Lipinski definition) is 0. The molecule has 0 spiro atoms. The minimum Gasteiger partial charge on any atom is -0.485 e. The summed E-state index contributed by atoms with van der Waals surface area (Å²) in [6.07, 6.45) is 4.98. The largest absolute Gasteiger partial charge is 0.485 e. The first kappa shape index (κ1) is 18.3. The zero-order chi connectivity index (χ0) is 17.4. The van der Waals surface area contributed by atoms with Gasteiger partial charge in [-0.15, -0.1) is 0 Å². The molecule has 24 heavy (non-hydrogen) atoms. The molecule has 0 saturated heterocycles. The van der Waals surface area contributed by atoms with Crippen LogP contribution >= 0.6 is 0 Å². The number of benzene rings is 2. The number of hydrogen-bond acceptors (Lipinski definition) is 2. The molecule has 0 N–H and O–H groups in total. The number of ether oxygens (including phenoxy) is 1. The molecule has 2 aromatic rings. The van der Waals surface area contributed by atoms with Crippen LogP contribution in [0.4, 0.5) is 0 Å². The molecule has 0 bridgehead atoms. The van der Waals surface area contributed by atoms with E-state index >= 15 is 0 Å². The number of carbonyl (C=O) groups excluding carboxylic acids is 1.